The summed E-state index contributed by atoms with van der Waals surface area (Å²) in [6, 6.07) is 0. The third-order valence-corrected chi connectivity index (χ3v) is 5.71. The molecular weight excluding hydrogens is 220 g/mol. The van der Waals surface area contributed by atoms with Crippen LogP contribution in [0.1, 0.15) is 72.6 Å². The van der Waals surface area contributed by atoms with Gasteiger partial charge in [0.25, 0.3) is 0 Å². The van der Waals surface area contributed by atoms with Gasteiger partial charge in [0.2, 0.25) is 0 Å². The topological polar surface area (TPSA) is 20.2 Å². The summed E-state index contributed by atoms with van der Waals surface area (Å²) in [5.41, 5.74) is -0.321. The minimum Gasteiger partial charge on any atom is -0.389 e. The van der Waals surface area contributed by atoms with Gasteiger partial charge in [-0.2, -0.15) is 0 Å². The lowest BCUT2D eigenvalue weighted by Gasteiger charge is -2.43. The largest absolute Gasteiger partial charge is 0.389 e. The van der Waals surface area contributed by atoms with Crippen molar-refractivity contribution in [2.24, 2.45) is 29.6 Å². The van der Waals surface area contributed by atoms with Gasteiger partial charge in [-0.25, -0.2) is 0 Å². The molecule has 1 heteroatoms. The quantitative estimate of drug-likeness (QED) is 0.756. The maximum absolute atomic E-state index is 11.2. The number of hydrogen-bond acceptors (Lipinski definition) is 1. The fourth-order valence-corrected chi connectivity index (χ4v) is 3.85. The van der Waals surface area contributed by atoms with Gasteiger partial charge in [-0.05, 0) is 68.1 Å². The molecule has 0 spiro atoms. The lowest BCUT2D eigenvalue weighted by atomic mass is 9.66. The van der Waals surface area contributed by atoms with Crippen molar-refractivity contribution in [1.29, 1.82) is 0 Å². The molecule has 2 saturated carbocycles. The Morgan fingerprint density at radius 1 is 1.00 bits per heavy atom. The van der Waals surface area contributed by atoms with E-state index in [1.165, 1.54) is 38.5 Å². The average molecular weight is 252 g/mol. The van der Waals surface area contributed by atoms with E-state index in [1.807, 2.05) is 0 Å². The monoisotopic (exact) mass is 252 g/mol. The Labute approximate surface area is 113 Å². The van der Waals surface area contributed by atoms with E-state index in [4.69, 9.17) is 0 Å². The van der Waals surface area contributed by atoms with Crippen molar-refractivity contribution in [3.8, 4) is 0 Å². The summed E-state index contributed by atoms with van der Waals surface area (Å²) in [4.78, 5) is 0. The number of aliphatic hydroxyl groups is 1. The molecule has 4 unspecified atom stereocenters. The molecule has 2 fully saturated rings. The molecule has 0 aliphatic heterocycles. The fourth-order valence-electron chi connectivity index (χ4n) is 3.85. The van der Waals surface area contributed by atoms with Crippen LogP contribution in [0.3, 0.4) is 0 Å². The first-order valence-corrected chi connectivity index (χ1v) is 8.15. The van der Waals surface area contributed by atoms with Crippen molar-refractivity contribution in [1.82, 2.24) is 0 Å². The molecule has 2 rings (SSSR count). The Morgan fingerprint density at radius 3 is 2.11 bits per heavy atom. The van der Waals surface area contributed by atoms with E-state index < -0.39 is 0 Å². The summed E-state index contributed by atoms with van der Waals surface area (Å²) < 4.78 is 0. The molecule has 1 nitrogen and oxygen atoms in total. The van der Waals surface area contributed by atoms with E-state index in [0.717, 1.165) is 24.2 Å². The van der Waals surface area contributed by atoms with Crippen molar-refractivity contribution in [2.75, 3.05) is 0 Å². The van der Waals surface area contributed by atoms with Crippen molar-refractivity contribution in [2.45, 2.75) is 78.2 Å². The van der Waals surface area contributed by atoms with Gasteiger partial charge < -0.3 is 5.11 Å². The van der Waals surface area contributed by atoms with Crippen LogP contribution >= 0.6 is 0 Å². The summed E-state index contributed by atoms with van der Waals surface area (Å²) in [6.45, 7) is 9.32. The molecule has 4 atom stereocenters. The molecule has 0 aromatic carbocycles. The molecule has 0 radical (unpaired) electrons. The normalized spacial score (nSPS) is 36.7. The minimum absolute atomic E-state index is 0.321. The van der Waals surface area contributed by atoms with Crippen LogP contribution in [-0.2, 0) is 0 Å². The third-order valence-electron chi connectivity index (χ3n) is 5.71. The summed E-state index contributed by atoms with van der Waals surface area (Å²) in [7, 11) is 0. The Kier molecular flexibility index (Phi) is 4.41. The van der Waals surface area contributed by atoms with Crippen LogP contribution in [0.15, 0.2) is 0 Å². The smallest absolute Gasteiger partial charge is 0.0704 e. The summed E-state index contributed by atoms with van der Waals surface area (Å²) in [6.07, 6.45) is 8.62. The minimum atomic E-state index is -0.321. The second kappa shape index (κ2) is 5.53. The lowest BCUT2D eigenvalue weighted by molar-refractivity contribution is -0.0740. The predicted molar refractivity (Wildman–Crippen MR) is 77.4 cm³/mol. The van der Waals surface area contributed by atoms with Crippen LogP contribution in [0, 0.1) is 29.6 Å². The highest BCUT2D eigenvalue weighted by Gasteiger charge is 2.49. The summed E-state index contributed by atoms with van der Waals surface area (Å²) >= 11 is 0. The molecule has 2 aliphatic rings. The van der Waals surface area contributed by atoms with E-state index in [0.29, 0.717) is 11.8 Å². The molecule has 0 bridgehead atoms. The van der Waals surface area contributed by atoms with Crippen LogP contribution in [0.5, 0.6) is 0 Å². The Morgan fingerprint density at radius 2 is 1.61 bits per heavy atom. The Balaban J connectivity index is 2.00. The molecule has 0 aromatic rings. The molecule has 106 valence electrons. The zero-order valence-electron chi connectivity index (χ0n) is 12.8. The average Bonchev–Trinajstić information content (AvgIpc) is 3.14. The highest BCUT2D eigenvalue weighted by atomic mass is 16.3. The number of rotatable bonds is 5. The lowest BCUT2D eigenvalue weighted by Crippen LogP contribution is -2.43. The van der Waals surface area contributed by atoms with Crippen molar-refractivity contribution in [3.63, 3.8) is 0 Å². The van der Waals surface area contributed by atoms with Gasteiger partial charge in [-0.1, -0.05) is 34.1 Å². The first kappa shape index (κ1) is 14.4. The SMILES string of the molecule is CC(C)CCC(O)(C1CC1)C1CCC(C)C(C)C1. The Bertz CT molecular complexity index is 269. The van der Waals surface area contributed by atoms with Crippen molar-refractivity contribution in [3.05, 3.63) is 0 Å². The highest BCUT2D eigenvalue weighted by Crippen LogP contribution is 2.51. The first-order chi connectivity index (χ1) is 8.43. The van der Waals surface area contributed by atoms with Crippen LogP contribution in [0.25, 0.3) is 0 Å². The maximum Gasteiger partial charge on any atom is 0.0704 e. The fraction of sp³-hybridized carbons (Fsp3) is 1.00. The Hall–Kier alpha value is -0.0400. The first-order valence-electron chi connectivity index (χ1n) is 8.15. The van der Waals surface area contributed by atoms with Crippen LogP contribution in [0.2, 0.25) is 0 Å². The van der Waals surface area contributed by atoms with Gasteiger partial charge in [0, 0.05) is 0 Å². The van der Waals surface area contributed by atoms with E-state index >= 15 is 0 Å². The molecule has 1 N–H and O–H groups in total. The predicted octanol–water partition coefficient (Wildman–Crippen LogP) is 4.64. The molecule has 0 saturated heterocycles. The van der Waals surface area contributed by atoms with Crippen LogP contribution in [0.4, 0.5) is 0 Å². The zero-order valence-corrected chi connectivity index (χ0v) is 12.8. The molecule has 0 heterocycles. The standard InChI is InChI=1S/C17H32O/c1-12(2)9-10-17(18,15-7-8-15)16-6-5-13(3)14(4)11-16/h12-16,18H,5-11H2,1-4H3. The molecule has 0 amide bonds. The molecule has 0 aromatic heterocycles. The molecule has 18 heavy (non-hydrogen) atoms. The van der Waals surface area contributed by atoms with Crippen LogP contribution in [-0.4, -0.2) is 10.7 Å². The van der Waals surface area contributed by atoms with Gasteiger partial charge in [-0.15, -0.1) is 0 Å². The summed E-state index contributed by atoms with van der Waals surface area (Å²) in [5.74, 6) is 3.58. The second-order valence-electron chi connectivity index (χ2n) is 7.66. The highest BCUT2D eigenvalue weighted by molar-refractivity contribution is 5.00. The summed E-state index contributed by atoms with van der Waals surface area (Å²) in [5, 5.41) is 11.2. The number of hydrogen-bond donors (Lipinski definition) is 1. The van der Waals surface area contributed by atoms with Crippen LogP contribution < -0.4 is 0 Å². The second-order valence-corrected chi connectivity index (χ2v) is 7.66. The van der Waals surface area contributed by atoms with Gasteiger partial charge in [0.05, 0.1) is 5.60 Å². The van der Waals surface area contributed by atoms with E-state index in [9.17, 15) is 5.11 Å². The van der Waals surface area contributed by atoms with E-state index in [1.54, 1.807) is 0 Å². The van der Waals surface area contributed by atoms with Crippen molar-refractivity contribution < 1.29 is 5.11 Å². The van der Waals surface area contributed by atoms with Gasteiger partial charge in [-0.3, -0.25) is 0 Å². The van der Waals surface area contributed by atoms with Gasteiger partial charge in [0.1, 0.15) is 0 Å². The van der Waals surface area contributed by atoms with E-state index in [-0.39, 0.29) is 5.60 Å². The maximum atomic E-state index is 11.2. The molecule has 2 aliphatic carbocycles. The third kappa shape index (κ3) is 3.10. The van der Waals surface area contributed by atoms with Gasteiger partial charge >= 0.3 is 0 Å². The van der Waals surface area contributed by atoms with E-state index in [2.05, 4.69) is 27.7 Å². The van der Waals surface area contributed by atoms with Gasteiger partial charge in [0.15, 0.2) is 0 Å². The van der Waals surface area contributed by atoms with Crippen molar-refractivity contribution >= 4 is 0 Å². The zero-order chi connectivity index (χ0) is 13.3. The molecular formula is C17H32O.